The van der Waals surface area contributed by atoms with Gasteiger partial charge in [0.25, 0.3) is 0 Å². The lowest BCUT2D eigenvalue weighted by atomic mass is 10.1. The van der Waals surface area contributed by atoms with Crippen molar-refractivity contribution in [1.82, 2.24) is 44.9 Å². The fourth-order valence-corrected chi connectivity index (χ4v) is 10.8. The summed E-state index contributed by atoms with van der Waals surface area (Å²) in [5.74, 6) is -4.93. The number of unbranched alkanes of at least 4 members (excludes halogenated alkanes) is 2. The standard InChI is InChI=1S/C62H90N12O9S/c1-3-33-68(40-57(78)70(35-20-18-32-64)41-56(77)69(34-19-17-31-63)39-54(75)67-53(46-84)62(65)83)58(79)44-73(47(2)50-25-11-6-12-26-50)60(81)42-72(38-49-23-9-5-10-24-49)59(80)45-74(52-29-15-16-30-52)61(82)43-71(37-48-21-7-4-8-22-48)55(76)36-66-51-27-13-14-28-51/h3-12,21-26,47,51-53,66,84H,1,13-20,27-46,63-64H2,2H3,(H2,65,83)(H,67,75)/t47-,53+/m1/s1. The Balaban J connectivity index is 1.40. The van der Waals surface area contributed by atoms with Gasteiger partial charge in [-0.2, -0.15) is 12.6 Å². The molecule has 21 nitrogen and oxygen atoms in total. The predicted molar refractivity (Wildman–Crippen MR) is 326 cm³/mol. The molecule has 2 fully saturated rings. The van der Waals surface area contributed by atoms with Crippen LogP contribution in [0.15, 0.2) is 104 Å². The van der Waals surface area contributed by atoms with Crippen LogP contribution in [-0.2, 0) is 56.2 Å². The third kappa shape index (κ3) is 22.5. The Morgan fingerprint density at radius 2 is 1.04 bits per heavy atom. The van der Waals surface area contributed by atoms with E-state index in [0.29, 0.717) is 57.2 Å². The van der Waals surface area contributed by atoms with E-state index in [-0.39, 0.29) is 82.0 Å². The van der Waals surface area contributed by atoms with E-state index >= 15 is 9.59 Å². The molecule has 0 aromatic heterocycles. The minimum absolute atomic E-state index is 0.000452. The molecule has 22 heteroatoms. The van der Waals surface area contributed by atoms with Crippen LogP contribution in [0, 0.1) is 0 Å². The Morgan fingerprint density at radius 1 is 0.571 bits per heavy atom. The molecule has 84 heavy (non-hydrogen) atoms. The molecule has 2 saturated carbocycles. The molecule has 2 aliphatic carbocycles. The molecule has 9 amide bonds. The molecule has 0 aliphatic heterocycles. The molecule has 2 aliphatic rings. The predicted octanol–water partition coefficient (Wildman–Crippen LogP) is 2.99. The summed E-state index contributed by atoms with van der Waals surface area (Å²) in [6, 6.07) is 25.9. The number of primary amides is 1. The van der Waals surface area contributed by atoms with Gasteiger partial charge >= 0.3 is 0 Å². The second-order valence-electron chi connectivity index (χ2n) is 21.8. The van der Waals surface area contributed by atoms with Crippen LogP contribution in [0.1, 0.15) is 107 Å². The molecule has 8 N–H and O–H groups in total. The molecule has 0 spiro atoms. The van der Waals surface area contributed by atoms with Crippen LogP contribution in [0.4, 0.5) is 0 Å². The monoisotopic (exact) mass is 1180 g/mol. The van der Waals surface area contributed by atoms with E-state index in [1.165, 1.54) is 30.6 Å². The van der Waals surface area contributed by atoms with Gasteiger partial charge in [-0.3, -0.25) is 43.2 Å². The fraction of sp³-hybridized carbons (Fsp3) is 0.532. The smallest absolute Gasteiger partial charge is 0.243 e. The van der Waals surface area contributed by atoms with Gasteiger partial charge in [-0.25, -0.2) is 0 Å². The molecular formula is C62H90N12O9S. The number of rotatable bonds is 37. The van der Waals surface area contributed by atoms with Gasteiger partial charge in [0.05, 0.1) is 25.7 Å². The molecule has 0 heterocycles. The first-order chi connectivity index (χ1) is 40.5. The molecule has 3 aromatic rings. The summed E-state index contributed by atoms with van der Waals surface area (Å²) >= 11 is 4.10. The number of nitrogens with two attached hydrogens (primary N) is 3. The van der Waals surface area contributed by atoms with Gasteiger partial charge in [-0.15, -0.1) is 6.58 Å². The lowest BCUT2D eigenvalue weighted by Crippen LogP contribution is -2.53. The Morgan fingerprint density at radius 3 is 1.56 bits per heavy atom. The van der Waals surface area contributed by atoms with E-state index in [4.69, 9.17) is 17.2 Å². The van der Waals surface area contributed by atoms with Gasteiger partial charge < -0.3 is 62.1 Å². The lowest BCUT2D eigenvalue weighted by Gasteiger charge is -2.35. The zero-order chi connectivity index (χ0) is 60.8. The first-order valence-corrected chi connectivity index (χ1v) is 30.2. The highest BCUT2D eigenvalue weighted by Gasteiger charge is 2.35. The van der Waals surface area contributed by atoms with Crippen LogP contribution in [0.5, 0.6) is 0 Å². The van der Waals surface area contributed by atoms with Gasteiger partial charge in [0.2, 0.25) is 53.2 Å². The Kier molecular flexibility index (Phi) is 29.4. The topological polar surface area (TPSA) is 278 Å². The summed E-state index contributed by atoms with van der Waals surface area (Å²) in [5.41, 5.74) is 19.3. The van der Waals surface area contributed by atoms with Gasteiger partial charge in [0.1, 0.15) is 38.8 Å². The van der Waals surface area contributed by atoms with Gasteiger partial charge in [-0.05, 0) is 88.1 Å². The van der Waals surface area contributed by atoms with Crippen LogP contribution in [0.25, 0.3) is 0 Å². The van der Waals surface area contributed by atoms with Gasteiger partial charge in [0.15, 0.2) is 0 Å². The SMILES string of the molecule is C=CCN(CC(=O)N(CCCCN)CC(=O)N(CCCCN)CC(=O)N[C@@H](CS)C(N)=O)C(=O)CN(C(=O)CN(Cc1ccccc1)C(=O)CN(C(=O)CN(Cc1ccccc1)C(=O)CNC1CCCC1)C1CCCC1)[C@H](C)c1ccccc1. The van der Waals surface area contributed by atoms with Crippen molar-refractivity contribution in [3.63, 3.8) is 0 Å². The van der Waals surface area contributed by atoms with Crippen molar-refractivity contribution in [2.45, 2.75) is 121 Å². The van der Waals surface area contributed by atoms with Crippen molar-refractivity contribution in [3.8, 4) is 0 Å². The summed E-state index contributed by atoms with van der Waals surface area (Å²) in [4.78, 5) is 137. The van der Waals surface area contributed by atoms with Gasteiger partial charge in [0, 0.05) is 50.6 Å². The quantitative estimate of drug-likeness (QED) is 0.0276. The number of benzene rings is 3. The summed E-state index contributed by atoms with van der Waals surface area (Å²) in [6.45, 7) is 3.67. The maximum absolute atomic E-state index is 15.2. The fourth-order valence-electron chi connectivity index (χ4n) is 10.6. The molecule has 5 rings (SSSR count). The third-order valence-electron chi connectivity index (χ3n) is 15.5. The minimum atomic E-state index is -1.07. The van der Waals surface area contributed by atoms with Crippen molar-refractivity contribution in [2.24, 2.45) is 17.2 Å². The maximum Gasteiger partial charge on any atom is 0.243 e. The molecule has 3 aromatic carbocycles. The summed E-state index contributed by atoms with van der Waals surface area (Å²) in [7, 11) is 0. The average molecular weight is 1180 g/mol. The van der Waals surface area contributed by atoms with Crippen molar-refractivity contribution in [3.05, 3.63) is 120 Å². The average Bonchev–Trinajstić information content (AvgIpc) is 4.35. The van der Waals surface area contributed by atoms with Crippen molar-refractivity contribution < 1.29 is 43.2 Å². The van der Waals surface area contributed by atoms with Crippen molar-refractivity contribution in [1.29, 1.82) is 0 Å². The summed E-state index contributed by atoms with van der Waals surface area (Å²) < 4.78 is 0. The zero-order valence-electron chi connectivity index (χ0n) is 49.0. The molecule has 0 unspecified atom stereocenters. The van der Waals surface area contributed by atoms with Crippen molar-refractivity contribution in [2.75, 3.05) is 90.8 Å². The Labute approximate surface area is 501 Å². The van der Waals surface area contributed by atoms with Gasteiger partial charge in [-0.1, -0.05) is 123 Å². The number of amides is 9. The van der Waals surface area contributed by atoms with Crippen LogP contribution in [0.2, 0.25) is 0 Å². The number of hydrogen-bond acceptors (Lipinski definition) is 13. The molecule has 2 atom stereocenters. The molecule has 458 valence electrons. The van der Waals surface area contributed by atoms with Crippen molar-refractivity contribution >= 4 is 65.8 Å². The second-order valence-corrected chi connectivity index (χ2v) is 22.2. The number of carbonyl (C=O) groups excluding carboxylic acids is 9. The van der Waals surface area contributed by atoms with E-state index in [0.717, 1.165) is 49.7 Å². The first-order valence-electron chi connectivity index (χ1n) is 29.6. The molecule has 0 radical (unpaired) electrons. The zero-order valence-corrected chi connectivity index (χ0v) is 49.9. The number of carbonyl (C=O) groups is 9. The largest absolute Gasteiger partial charge is 0.368 e. The Hall–Kier alpha value is -7.14. The highest BCUT2D eigenvalue weighted by molar-refractivity contribution is 7.80. The summed E-state index contributed by atoms with van der Waals surface area (Å²) in [5, 5.41) is 5.89. The maximum atomic E-state index is 15.2. The third-order valence-corrected chi connectivity index (χ3v) is 15.8. The van der Waals surface area contributed by atoms with Crippen LogP contribution < -0.4 is 27.8 Å². The van der Waals surface area contributed by atoms with E-state index in [1.54, 1.807) is 16.7 Å². The lowest BCUT2D eigenvalue weighted by molar-refractivity contribution is -0.150. The van der Waals surface area contributed by atoms with E-state index < -0.39 is 86.2 Å². The minimum Gasteiger partial charge on any atom is -0.368 e. The number of hydrogen-bond donors (Lipinski definition) is 6. The summed E-state index contributed by atoms with van der Waals surface area (Å²) in [6.07, 6.45) is 10.6. The Bertz CT molecular complexity index is 2590. The number of thiol groups is 1. The van der Waals surface area contributed by atoms with E-state index in [9.17, 15) is 33.6 Å². The highest BCUT2D eigenvalue weighted by Crippen LogP contribution is 2.26. The number of nitrogens with zero attached hydrogens (tertiary/aromatic N) is 7. The van der Waals surface area contributed by atoms with E-state index in [1.807, 2.05) is 91.0 Å². The first kappa shape index (κ1) is 67.6. The van der Waals surface area contributed by atoms with E-state index in [2.05, 4.69) is 29.8 Å². The highest BCUT2D eigenvalue weighted by atomic mass is 32.1. The van der Waals surface area contributed by atoms with Crippen LogP contribution in [-0.4, -0.2) is 196 Å². The second kappa shape index (κ2) is 36.5. The number of nitrogens with one attached hydrogen (secondary N) is 2. The molecule has 0 saturated heterocycles. The van der Waals surface area contributed by atoms with Crippen LogP contribution in [0.3, 0.4) is 0 Å². The molecule has 0 bridgehead atoms. The molecular weight excluding hydrogens is 1090 g/mol. The van der Waals surface area contributed by atoms with Crippen LogP contribution >= 0.6 is 12.6 Å². The normalized spacial score (nSPS) is 14.0.